The topological polar surface area (TPSA) is 58.3 Å². The number of hydrazine groups is 1. The normalized spacial score (nSPS) is 10.0. The van der Waals surface area contributed by atoms with E-state index in [1.165, 1.54) is 0 Å². The largest absolute Gasteiger partial charge is 0.507 e. The molecule has 0 atom stereocenters. The van der Waals surface area contributed by atoms with Crippen molar-refractivity contribution in [3.05, 3.63) is 42.5 Å². The number of hydrogen-bond donors (Lipinski definition) is 4. The predicted molar refractivity (Wildman–Crippen MR) is 68.2 cm³/mol. The summed E-state index contributed by atoms with van der Waals surface area (Å²) in [7, 11) is 0. The van der Waals surface area contributed by atoms with E-state index in [-0.39, 0.29) is 5.75 Å². The summed E-state index contributed by atoms with van der Waals surface area (Å²) < 4.78 is 0. The number of phenolic OH excluding ortho intramolecular Hbond substituents is 1. The first-order valence-electron chi connectivity index (χ1n) is 4.75. The third-order valence-electron chi connectivity index (χ3n) is 1.76. The molecule has 4 nitrogen and oxygen atoms in total. The smallest absolute Gasteiger partial charge is 0.224 e. The van der Waals surface area contributed by atoms with Gasteiger partial charge in [0.1, 0.15) is 5.75 Å². The second kappa shape index (κ2) is 6.58. The Balaban J connectivity index is 2.46. The minimum atomic E-state index is 0.210. The summed E-state index contributed by atoms with van der Waals surface area (Å²) in [6.45, 7) is 4.16. The van der Waals surface area contributed by atoms with Crippen LogP contribution in [0.5, 0.6) is 5.75 Å². The van der Waals surface area contributed by atoms with Crippen LogP contribution >= 0.6 is 12.2 Å². The average Bonchev–Trinajstić information content (AvgIpc) is 2.29. The molecule has 0 saturated carbocycles. The van der Waals surface area contributed by atoms with Gasteiger partial charge in [0.25, 0.3) is 0 Å². The van der Waals surface area contributed by atoms with Crippen molar-refractivity contribution in [1.82, 2.24) is 10.7 Å². The number of para-hydroxylation sites is 1. The third-order valence-corrected chi connectivity index (χ3v) is 2.00. The predicted octanol–water partition coefficient (Wildman–Crippen LogP) is -0.543. The van der Waals surface area contributed by atoms with Crippen LogP contribution in [0, 0.1) is 0 Å². The molecule has 0 aliphatic rings. The zero-order chi connectivity index (χ0) is 11.8. The molecule has 16 heavy (non-hydrogen) atoms. The number of hydrazone groups is 1. The molecule has 0 unspecified atom stereocenters. The molecular weight excluding hydrogens is 222 g/mol. The van der Waals surface area contributed by atoms with E-state index >= 15 is 0 Å². The van der Waals surface area contributed by atoms with Gasteiger partial charge in [0, 0.05) is 6.54 Å². The molecule has 0 bridgehead atoms. The van der Waals surface area contributed by atoms with E-state index in [2.05, 4.69) is 22.4 Å². The second-order valence-electron chi connectivity index (χ2n) is 2.97. The SMILES string of the molecule is C=CCNC(=S)N[NH+]=Cc1ccccc1O. The first-order chi connectivity index (χ1) is 7.74. The fourth-order valence-corrected chi connectivity index (χ4v) is 1.14. The lowest BCUT2D eigenvalue weighted by Crippen LogP contribution is -2.82. The first-order valence-corrected chi connectivity index (χ1v) is 5.16. The van der Waals surface area contributed by atoms with Crippen LogP contribution < -0.4 is 15.8 Å². The molecule has 1 aromatic rings. The Bertz CT molecular complexity index is 404. The van der Waals surface area contributed by atoms with Crippen molar-refractivity contribution in [3.63, 3.8) is 0 Å². The Hall–Kier alpha value is -1.88. The molecule has 4 N–H and O–H groups in total. The van der Waals surface area contributed by atoms with Gasteiger partial charge < -0.3 is 10.4 Å². The summed E-state index contributed by atoms with van der Waals surface area (Å²) in [6.07, 6.45) is 3.33. The Morgan fingerprint density at radius 3 is 2.94 bits per heavy atom. The number of rotatable bonds is 4. The van der Waals surface area contributed by atoms with E-state index in [0.717, 1.165) is 0 Å². The average molecular weight is 236 g/mol. The van der Waals surface area contributed by atoms with Crippen molar-refractivity contribution in [1.29, 1.82) is 0 Å². The summed E-state index contributed by atoms with van der Waals surface area (Å²) >= 11 is 4.95. The summed E-state index contributed by atoms with van der Waals surface area (Å²) in [5.41, 5.74) is 3.43. The molecule has 0 aromatic heterocycles. The molecule has 0 heterocycles. The molecule has 0 spiro atoms. The molecule has 0 saturated heterocycles. The van der Waals surface area contributed by atoms with Crippen LogP contribution in [0.15, 0.2) is 36.9 Å². The van der Waals surface area contributed by atoms with Crippen molar-refractivity contribution in [3.8, 4) is 5.75 Å². The van der Waals surface area contributed by atoms with Crippen molar-refractivity contribution in [2.45, 2.75) is 0 Å². The molecule has 5 heteroatoms. The molecule has 1 aromatic carbocycles. The maximum atomic E-state index is 9.46. The van der Waals surface area contributed by atoms with Gasteiger partial charge in [-0.25, -0.2) is 0 Å². The van der Waals surface area contributed by atoms with Crippen LogP contribution in [-0.4, -0.2) is 23.0 Å². The molecule has 84 valence electrons. The zero-order valence-electron chi connectivity index (χ0n) is 8.73. The van der Waals surface area contributed by atoms with Gasteiger partial charge in [-0.2, -0.15) is 0 Å². The van der Waals surface area contributed by atoms with E-state index in [0.29, 0.717) is 17.2 Å². The highest BCUT2D eigenvalue weighted by molar-refractivity contribution is 7.80. The van der Waals surface area contributed by atoms with Gasteiger partial charge in [-0.05, 0) is 24.4 Å². The van der Waals surface area contributed by atoms with Crippen LogP contribution in [0.4, 0.5) is 0 Å². The van der Waals surface area contributed by atoms with Crippen LogP contribution in [-0.2, 0) is 0 Å². The van der Waals surface area contributed by atoms with Gasteiger partial charge in [0.2, 0.25) is 11.3 Å². The van der Waals surface area contributed by atoms with E-state index < -0.39 is 0 Å². The molecule has 0 aliphatic heterocycles. The summed E-state index contributed by atoms with van der Waals surface area (Å²) in [5, 5.41) is 15.6. The minimum absolute atomic E-state index is 0.210. The number of benzene rings is 1. The Morgan fingerprint density at radius 2 is 2.25 bits per heavy atom. The lowest BCUT2D eigenvalue weighted by atomic mass is 10.2. The highest BCUT2D eigenvalue weighted by Gasteiger charge is 1.98. The van der Waals surface area contributed by atoms with E-state index in [1.54, 1.807) is 30.5 Å². The maximum Gasteiger partial charge on any atom is 0.224 e. The standard InChI is InChI=1S/C11H13N3OS/c1-2-7-12-11(16)14-13-8-9-5-3-4-6-10(9)15/h2-6,8,15H,1,7H2,(H2,12,14,16)/p+1. The summed E-state index contributed by atoms with van der Waals surface area (Å²) in [4.78, 5) is 0. The number of nitrogens with one attached hydrogen (secondary N) is 3. The van der Waals surface area contributed by atoms with Crippen molar-refractivity contribution in [2.24, 2.45) is 0 Å². The monoisotopic (exact) mass is 236 g/mol. The van der Waals surface area contributed by atoms with Gasteiger partial charge in [0.05, 0.1) is 5.56 Å². The molecule has 1 rings (SSSR count). The van der Waals surface area contributed by atoms with Crippen molar-refractivity contribution < 1.29 is 10.2 Å². The van der Waals surface area contributed by atoms with Crippen LogP contribution in [0.1, 0.15) is 5.56 Å². The maximum absolute atomic E-state index is 9.46. The van der Waals surface area contributed by atoms with Crippen LogP contribution in [0.3, 0.4) is 0 Å². The zero-order valence-corrected chi connectivity index (χ0v) is 9.55. The van der Waals surface area contributed by atoms with Crippen molar-refractivity contribution >= 4 is 23.5 Å². The van der Waals surface area contributed by atoms with E-state index in [9.17, 15) is 5.11 Å². The Labute approximate surface area is 99.7 Å². The second-order valence-corrected chi connectivity index (χ2v) is 3.38. The molecule has 0 amide bonds. The van der Waals surface area contributed by atoms with Gasteiger partial charge in [0.15, 0.2) is 0 Å². The number of hydrogen-bond acceptors (Lipinski definition) is 2. The quantitative estimate of drug-likeness (QED) is 0.245. The third kappa shape index (κ3) is 4.10. The highest BCUT2D eigenvalue weighted by atomic mass is 32.1. The molecule has 0 aliphatic carbocycles. The molecule has 0 fully saturated rings. The lowest BCUT2D eigenvalue weighted by Gasteiger charge is -1.99. The number of phenols is 1. The summed E-state index contributed by atoms with van der Waals surface area (Å²) in [6, 6.07) is 6.99. The highest BCUT2D eigenvalue weighted by Crippen LogP contribution is 2.11. The summed E-state index contributed by atoms with van der Waals surface area (Å²) in [5.74, 6) is 0.210. The van der Waals surface area contributed by atoms with Crippen LogP contribution in [0.25, 0.3) is 0 Å². The van der Waals surface area contributed by atoms with Gasteiger partial charge >= 0.3 is 0 Å². The number of thiocarbonyl (C=S) groups is 1. The van der Waals surface area contributed by atoms with E-state index in [4.69, 9.17) is 12.2 Å². The van der Waals surface area contributed by atoms with Gasteiger partial charge in [-0.3, -0.25) is 0 Å². The Kier molecular flexibility index (Phi) is 5.01. The van der Waals surface area contributed by atoms with Gasteiger partial charge in [-0.1, -0.05) is 18.2 Å². The van der Waals surface area contributed by atoms with Crippen molar-refractivity contribution in [2.75, 3.05) is 6.54 Å². The first kappa shape index (κ1) is 12.2. The molecule has 0 radical (unpaired) electrons. The van der Waals surface area contributed by atoms with Crippen LogP contribution in [0.2, 0.25) is 0 Å². The molecular formula is C11H14N3OS+. The fourth-order valence-electron chi connectivity index (χ4n) is 0.998. The van der Waals surface area contributed by atoms with E-state index in [1.807, 2.05) is 6.07 Å². The number of aromatic hydroxyl groups is 1. The Morgan fingerprint density at radius 1 is 1.50 bits per heavy atom. The lowest BCUT2D eigenvalue weighted by molar-refractivity contribution is -0.500. The minimum Gasteiger partial charge on any atom is -0.507 e. The fraction of sp³-hybridized carbons (Fsp3) is 0.0909. The van der Waals surface area contributed by atoms with Gasteiger partial charge in [-0.15, -0.1) is 17.1 Å².